The van der Waals surface area contributed by atoms with Gasteiger partial charge in [-0.25, -0.2) is 0 Å². The summed E-state index contributed by atoms with van der Waals surface area (Å²) in [6.45, 7) is 7.48. The molecule has 1 saturated heterocycles. The number of carbonyl (C=O) groups is 2. The van der Waals surface area contributed by atoms with Crippen molar-refractivity contribution in [2.45, 2.75) is 19.9 Å². The first-order valence-corrected chi connectivity index (χ1v) is 9.95. The van der Waals surface area contributed by atoms with Crippen LogP contribution in [0.1, 0.15) is 34.6 Å². The number of amides is 2. The topological polar surface area (TPSA) is 52.6 Å². The number of rotatable bonds is 4. The van der Waals surface area contributed by atoms with E-state index in [2.05, 4.69) is 40.0 Å². The van der Waals surface area contributed by atoms with E-state index in [1.165, 1.54) is 0 Å². The Balaban J connectivity index is 1.75. The minimum atomic E-state index is -0.243. The maximum Gasteiger partial charge on any atom is 0.256 e. The van der Waals surface area contributed by atoms with Crippen LogP contribution in [-0.2, 0) is 0 Å². The summed E-state index contributed by atoms with van der Waals surface area (Å²) in [7, 11) is 0. The van der Waals surface area contributed by atoms with Crippen molar-refractivity contribution < 1.29 is 9.59 Å². The molecule has 0 spiro atoms. The van der Waals surface area contributed by atoms with Crippen LogP contribution in [-0.4, -0.2) is 53.8 Å². The van der Waals surface area contributed by atoms with Crippen molar-refractivity contribution in [1.82, 2.24) is 9.80 Å². The van der Waals surface area contributed by atoms with Crippen LogP contribution in [0.3, 0.4) is 0 Å². The zero-order valence-electron chi connectivity index (χ0n) is 15.6. The van der Waals surface area contributed by atoms with Crippen LogP contribution in [0.5, 0.6) is 0 Å². The number of carbonyl (C=O) groups excluding carboxylic acids is 2. The lowest BCUT2D eigenvalue weighted by molar-refractivity contribution is 0.0596. The monoisotopic (exact) mass is 429 g/mol. The molecule has 2 aromatic carbocycles. The van der Waals surface area contributed by atoms with E-state index in [1.807, 2.05) is 35.2 Å². The van der Waals surface area contributed by atoms with E-state index < -0.39 is 0 Å². The molecule has 3 rings (SSSR count). The second-order valence-electron chi connectivity index (χ2n) is 6.90. The van der Waals surface area contributed by atoms with Gasteiger partial charge in [-0.2, -0.15) is 0 Å². The van der Waals surface area contributed by atoms with Crippen LogP contribution in [0.25, 0.3) is 0 Å². The number of benzene rings is 2. The van der Waals surface area contributed by atoms with Crippen molar-refractivity contribution in [2.75, 3.05) is 31.5 Å². The summed E-state index contributed by atoms with van der Waals surface area (Å²) in [5, 5.41) is 2.89. The van der Waals surface area contributed by atoms with Gasteiger partial charge in [-0.1, -0.05) is 24.3 Å². The predicted octanol–water partition coefficient (Wildman–Crippen LogP) is 3.87. The number of nitrogens with one attached hydrogen (secondary N) is 1. The lowest BCUT2D eigenvalue weighted by atomic mass is 10.1. The molecule has 27 heavy (non-hydrogen) atoms. The van der Waals surface area contributed by atoms with E-state index in [9.17, 15) is 9.59 Å². The van der Waals surface area contributed by atoms with Crippen molar-refractivity contribution >= 4 is 33.4 Å². The van der Waals surface area contributed by atoms with Gasteiger partial charge in [0.1, 0.15) is 0 Å². The van der Waals surface area contributed by atoms with E-state index >= 15 is 0 Å². The molecule has 1 aliphatic heterocycles. The zero-order chi connectivity index (χ0) is 19.4. The number of nitrogens with zero attached hydrogens (tertiary/aromatic N) is 2. The molecule has 1 heterocycles. The number of halogens is 1. The number of hydrogen-bond donors (Lipinski definition) is 1. The van der Waals surface area contributed by atoms with Crippen molar-refractivity contribution in [3.8, 4) is 0 Å². The van der Waals surface area contributed by atoms with Crippen LogP contribution >= 0.6 is 15.9 Å². The first-order valence-electron chi connectivity index (χ1n) is 9.15. The van der Waals surface area contributed by atoms with Gasteiger partial charge in [0.2, 0.25) is 0 Å². The van der Waals surface area contributed by atoms with Crippen LogP contribution in [0.4, 0.5) is 5.69 Å². The minimum Gasteiger partial charge on any atom is -0.336 e. The Morgan fingerprint density at radius 2 is 1.52 bits per heavy atom. The lowest BCUT2D eigenvalue weighted by Crippen LogP contribution is -2.50. The average Bonchev–Trinajstić information content (AvgIpc) is 2.68. The van der Waals surface area contributed by atoms with Gasteiger partial charge in [-0.3, -0.25) is 14.5 Å². The van der Waals surface area contributed by atoms with Crippen LogP contribution < -0.4 is 5.32 Å². The highest BCUT2D eigenvalue weighted by molar-refractivity contribution is 9.10. The van der Waals surface area contributed by atoms with Gasteiger partial charge in [0, 0.05) is 36.7 Å². The molecule has 142 valence electrons. The zero-order valence-corrected chi connectivity index (χ0v) is 17.2. The molecular weight excluding hydrogens is 406 g/mol. The molecule has 1 aliphatic rings. The Labute approximate surface area is 168 Å². The Morgan fingerprint density at radius 1 is 0.926 bits per heavy atom. The van der Waals surface area contributed by atoms with Gasteiger partial charge in [-0.15, -0.1) is 0 Å². The number of para-hydroxylation sites is 1. The molecule has 0 radical (unpaired) electrons. The number of anilines is 1. The van der Waals surface area contributed by atoms with Gasteiger partial charge < -0.3 is 10.2 Å². The van der Waals surface area contributed by atoms with Crippen LogP contribution in [0.15, 0.2) is 53.0 Å². The first kappa shape index (κ1) is 19.6. The highest BCUT2D eigenvalue weighted by Crippen LogP contribution is 2.22. The van der Waals surface area contributed by atoms with Gasteiger partial charge in [0.25, 0.3) is 11.8 Å². The number of piperazine rings is 1. The summed E-state index contributed by atoms with van der Waals surface area (Å²) < 4.78 is 0.719. The molecule has 0 atom stereocenters. The van der Waals surface area contributed by atoms with Gasteiger partial charge >= 0.3 is 0 Å². The lowest BCUT2D eigenvalue weighted by Gasteiger charge is -2.37. The van der Waals surface area contributed by atoms with Crippen molar-refractivity contribution in [1.29, 1.82) is 0 Å². The highest BCUT2D eigenvalue weighted by atomic mass is 79.9. The molecule has 6 heteroatoms. The Morgan fingerprint density at radius 3 is 2.15 bits per heavy atom. The third-order valence-corrected chi connectivity index (χ3v) is 5.55. The predicted molar refractivity (Wildman–Crippen MR) is 111 cm³/mol. The molecule has 0 unspecified atom stereocenters. The smallest absolute Gasteiger partial charge is 0.256 e. The first-order chi connectivity index (χ1) is 13.0. The molecule has 0 bridgehead atoms. The molecule has 0 aliphatic carbocycles. The number of hydrogen-bond acceptors (Lipinski definition) is 3. The van der Waals surface area contributed by atoms with Crippen LogP contribution in [0.2, 0.25) is 0 Å². The maximum atomic E-state index is 13.0. The fourth-order valence-corrected chi connectivity index (χ4v) is 3.69. The molecule has 5 nitrogen and oxygen atoms in total. The third-order valence-electron chi connectivity index (χ3n) is 4.86. The summed E-state index contributed by atoms with van der Waals surface area (Å²) in [5.41, 5.74) is 1.59. The van der Waals surface area contributed by atoms with E-state index in [0.717, 1.165) is 17.6 Å². The fourth-order valence-electron chi connectivity index (χ4n) is 3.23. The molecule has 1 fully saturated rings. The average molecular weight is 430 g/mol. The summed E-state index contributed by atoms with van der Waals surface area (Å²) in [6.07, 6.45) is 0. The Bertz CT molecular complexity index is 830. The Hall–Kier alpha value is -2.18. The normalized spacial score (nSPS) is 15.0. The highest BCUT2D eigenvalue weighted by Gasteiger charge is 2.25. The van der Waals surface area contributed by atoms with Gasteiger partial charge in [-0.05, 0) is 54.0 Å². The summed E-state index contributed by atoms with van der Waals surface area (Å²) in [6, 6.07) is 14.9. The largest absolute Gasteiger partial charge is 0.336 e. The fraction of sp³-hybridized carbons (Fsp3) is 0.333. The van der Waals surface area contributed by atoms with E-state index in [0.29, 0.717) is 35.9 Å². The van der Waals surface area contributed by atoms with Gasteiger partial charge in [0.15, 0.2) is 0 Å². The Kier molecular flexibility index (Phi) is 6.29. The van der Waals surface area contributed by atoms with Crippen molar-refractivity contribution in [3.05, 3.63) is 64.1 Å². The summed E-state index contributed by atoms with van der Waals surface area (Å²) >= 11 is 3.40. The quantitative estimate of drug-likeness (QED) is 0.802. The molecule has 1 N–H and O–H groups in total. The molecule has 2 amide bonds. The summed E-state index contributed by atoms with van der Waals surface area (Å²) in [5.74, 6) is -0.284. The van der Waals surface area contributed by atoms with E-state index in [-0.39, 0.29) is 11.8 Å². The standard InChI is InChI=1S/C21H24BrN3O2/c1-15(2)24-11-13-25(14-12-24)21(27)17-8-4-6-10-19(17)23-20(26)16-7-3-5-9-18(16)22/h3-10,15H,11-14H2,1-2H3,(H,23,26). The van der Waals surface area contributed by atoms with Crippen molar-refractivity contribution in [3.63, 3.8) is 0 Å². The van der Waals surface area contributed by atoms with E-state index in [4.69, 9.17) is 0 Å². The second kappa shape index (κ2) is 8.67. The second-order valence-corrected chi connectivity index (χ2v) is 7.76. The SMILES string of the molecule is CC(C)N1CCN(C(=O)c2ccccc2NC(=O)c2ccccc2Br)CC1. The summed E-state index contributed by atoms with van der Waals surface area (Å²) in [4.78, 5) is 29.9. The van der Waals surface area contributed by atoms with E-state index in [1.54, 1.807) is 18.2 Å². The third kappa shape index (κ3) is 4.57. The van der Waals surface area contributed by atoms with Gasteiger partial charge in [0.05, 0.1) is 16.8 Å². The molecule has 0 saturated carbocycles. The molecular formula is C21H24BrN3O2. The van der Waals surface area contributed by atoms with Crippen LogP contribution in [0, 0.1) is 0 Å². The maximum absolute atomic E-state index is 13.0. The molecule has 0 aromatic heterocycles. The van der Waals surface area contributed by atoms with Crippen molar-refractivity contribution in [2.24, 2.45) is 0 Å². The minimum absolute atomic E-state index is 0.0403. The molecule has 2 aromatic rings.